The number of fused-ring (bicyclic) bond motifs is 1. The van der Waals surface area contributed by atoms with Crippen LogP contribution in [-0.2, 0) is 0 Å². The number of aliphatic hydroxyl groups is 2. The summed E-state index contributed by atoms with van der Waals surface area (Å²) in [5.74, 6) is 7.30. The number of hydrogen-bond donors (Lipinski definition) is 3. The third kappa shape index (κ3) is 7.19. The van der Waals surface area contributed by atoms with Crippen LogP contribution >= 0.6 is 0 Å². The Morgan fingerprint density at radius 2 is 1.79 bits per heavy atom. The number of piperidine rings is 1. The summed E-state index contributed by atoms with van der Waals surface area (Å²) >= 11 is 0. The Kier molecular flexibility index (Phi) is 8.08. The first-order chi connectivity index (χ1) is 20.0. The van der Waals surface area contributed by atoms with Gasteiger partial charge in [0.25, 0.3) is 0 Å². The van der Waals surface area contributed by atoms with Crippen molar-refractivity contribution in [3.63, 3.8) is 0 Å². The van der Waals surface area contributed by atoms with Crippen molar-refractivity contribution in [2.24, 2.45) is 0 Å². The lowest BCUT2D eigenvalue weighted by Gasteiger charge is -2.33. The fraction of sp³-hybridized carbons (Fsp3) is 0.364. The van der Waals surface area contributed by atoms with Gasteiger partial charge in [-0.05, 0) is 83.0 Å². The third-order valence-corrected chi connectivity index (χ3v) is 6.95. The van der Waals surface area contributed by atoms with Crippen LogP contribution in [0.3, 0.4) is 0 Å². The highest BCUT2D eigenvalue weighted by Gasteiger charge is 2.21. The molecule has 1 aliphatic heterocycles. The average molecular weight is 565 g/mol. The predicted octanol–water partition coefficient (Wildman–Crippen LogP) is 4.62. The SMILES string of the molecule is CC(C)(O)C#Cc1ccc(NC2CCN(c3ccc(-c4cc(OCC(C)(C)O)cn5ncc(C#N)c45)cn3)CC2)cc1. The van der Waals surface area contributed by atoms with Gasteiger partial charge >= 0.3 is 0 Å². The molecule has 0 amide bonds. The molecule has 3 aromatic heterocycles. The number of nitrogens with zero attached hydrogens (tertiary/aromatic N) is 5. The van der Waals surface area contributed by atoms with Crippen molar-refractivity contribution in [1.29, 1.82) is 5.26 Å². The Bertz CT molecular complexity index is 1640. The van der Waals surface area contributed by atoms with Crippen molar-refractivity contribution in [2.75, 3.05) is 29.9 Å². The number of anilines is 2. The second-order valence-corrected chi connectivity index (χ2v) is 11.9. The van der Waals surface area contributed by atoms with Gasteiger partial charge in [-0.3, -0.25) is 0 Å². The van der Waals surface area contributed by atoms with Crippen LogP contribution in [0.5, 0.6) is 5.75 Å². The first-order valence-electron chi connectivity index (χ1n) is 14.1. The van der Waals surface area contributed by atoms with E-state index >= 15 is 0 Å². The Morgan fingerprint density at radius 3 is 2.40 bits per heavy atom. The van der Waals surface area contributed by atoms with Crippen LogP contribution < -0.4 is 15.0 Å². The maximum atomic E-state index is 10.1. The number of rotatable bonds is 7. The molecule has 4 aromatic rings. The van der Waals surface area contributed by atoms with E-state index in [1.807, 2.05) is 48.7 Å². The number of aromatic nitrogens is 3. The zero-order chi connectivity index (χ0) is 29.9. The number of pyridine rings is 2. The molecule has 9 heteroatoms. The van der Waals surface area contributed by atoms with Gasteiger partial charge in [-0.1, -0.05) is 11.8 Å². The van der Waals surface area contributed by atoms with Gasteiger partial charge in [0.2, 0.25) is 0 Å². The Balaban J connectivity index is 1.25. The fourth-order valence-electron chi connectivity index (χ4n) is 4.83. The van der Waals surface area contributed by atoms with E-state index in [0.29, 0.717) is 22.9 Å². The van der Waals surface area contributed by atoms with E-state index in [0.717, 1.165) is 54.1 Å². The lowest BCUT2D eigenvalue weighted by molar-refractivity contribution is 0.0283. The summed E-state index contributed by atoms with van der Waals surface area (Å²) in [7, 11) is 0. The smallest absolute Gasteiger partial charge is 0.138 e. The number of nitriles is 1. The molecule has 0 aliphatic carbocycles. The van der Waals surface area contributed by atoms with E-state index in [1.54, 1.807) is 44.6 Å². The molecule has 1 aromatic carbocycles. The summed E-state index contributed by atoms with van der Waals surface area (Å²) in [4.78, 5) is 7.06. The van der Waals surface area contributed by atoms with Crippen LogP contribution in [0.2, 0.25) is 0 Å². The minimum atomic E-state index is -1.01. The maximum absolute atomic E-state index is 10.1. The molecule has 0 radical (unpaired) electrons. The minimum absolute atomic E-state index is 0.120. The van der Waals surface area contributed by atoms with E-state index < -0.39 is 11.2 Å². The molecule has 0 bridgehead atoms. The molecule has 9 nitrogen and oxygen atoms in total. The van der Waals surface area contributed by atoms with Crippen LogP contribution in [-0.4, -0.2) is 61.8 Å². The second-order valence-electron chi connectivity index (χ2n) is 11.9. The monoisotopic (exact) mass is 564 g/mol. The molecule has 4 heterocycles. The van der Waals surface area contributed by atoms with Gasteiger partial charge in [0.05, 0.1) is 29.1 Å². The molecule has 0 spiro atoms. The zero-order valence-corrected chi connectivity index (χ0v) is 24.4. The minimum Gasteiger partial charge on any atom is -0.489 e. The Hall–Kier alpha value is -4.57. The topological polar surface area (TPSA) is 119 Å². The summed E-state index contributed by atoms with van der Waals surface area (Å²) in [5.41, 5.74) is 2.73. The summed E-state index contributed by atoms with van der Waals surface area (Å²) in [6.45, 7) is 8.60. The van der Waals surface area contributed by atoms with Crippen LogP contribution in [0.1, 0.15) is 51.7 Å². The average Bonchev–Trinajstić information content (AvgIpc) is 3.38. The molecule has 3 N–H and O–H groups in total. The van der Waals surface area contributed by atoms with E-state index in [2.05, 4.69) is 33.2 Å². The highest BCUT2D eigenvalue weighted by Crippen LogP contribution is 2.32. The molecule has 216 valence electrons. The van der Waals surface area contributed by atoms with E-state index in [-0.39, 0.29) is 6.61 Å². The number of benzene rings is 1. The van der Waals surface area contributed by atoms with Crippen molar-refractivity contribution < 1.29 is 14.9 Å². The summed E-state index contributed by atoms with van der Waals surface area (Å²) < 4.78 is 7.48. The first kappa shape index (κ1) is 28.9. The Morgan fingerprint density at radius 1 is 1.05 bits per heavy atom. The third-order valence-electron chi connectivity index (χ3n) is 6.95. The van der Waals surface area contributed by atoms with Crippen LogP contribution in [0.15, 0.2) is 61.1 Å². The van der Waals surface area contributed by atoms with E-state index in [9.17, 15) is 15.5 Å². The number of hydrogen-bond acceptors (Lipinski definition) is 8. The lowest BCUT2D eigenvalue weighted by Crippen LogP contribution is -2.39. The van der Waals surface area contributed by atoms with Gasteiger partial charge in [0.1, 0.15) is 29.8 Å². The van der Waals surface area contributed by atoms with Gasteiger partial charge in [-0.2, -0.15) is 10.4 Å². The molecule has 1 fully saturated rings. The van der Waals surface area contributed by atoms with Crippen molar-refractivity contribution in [3.8, 4) is 34.8 Å². The van der Waals surface area contributed by atoms with Gasteiger partial charge < -0.3 is 25.2 Å². The molecule has 5 rings (SSSR count). The van der Waals surface area contributed by atoms with Crippen LogP contribution in [0, 0.1) is 23.2 Å². The van der Waals surface area contributed by atoms with Crippen molar-refractivity contribution in [3.05, 3.63) is 72.2 Å². The molecule has 0 saturated carbocycles. The van der Waals surface area contributed by atoms with E-state index in [4.69, 9.17) is 9.72 Å². The number of nitrogens with one attached hydrogen (secondary N) is 1. The summed E-state index contributed by atoms with van der Waals surface area (Å²) in [5, 5.41) is 37.5. The molecule has 1 saturated heterocycles. The Labute approximate surface area is 246 Å². The quantitative estimate of drug-likeness (QED) is 0.278. The van der Waals surface area contributed by atoms with Gasteiger partial charge in [0.15, 0.2) is 0 Å². The highest BCUT2D eigenvalue weighted by atomic mass is 16.5. The maximum Gasteiger partial charge on any atom is 0.138 e. The summed E-state index contributed by atoms with van der Waals surface area (Å²) in [6, 6.07) is 16.5. The van der Waals surface area contributed by atoms with Crippen molar-refractivity contribution in [1.82, 2.24) is 14.6 Å². The molecule has 0 unspecified atom stereocenters. The van der Waals surface area contributed by atoms with Crippen LogP contribution in [0.4, 0.5) is 11.5 Å². The van der Waals surface area contributed by atoms with Gasteiger partial charge in [0, 0.05) is 47.7 Å². The molecule has 1 aliphatic rings. The molecular formula is C33H36N6O3. The zero-order valence-electron chi connectivity index (χ0n) is 24.4. The number of ether oxygens (including phenoxy) is 1. The highest BCUT2D eigenvalue weighted by molar-refractivity contribution is 5.85. The second kappa shape index (κ2) is 11.7. The van der Waals surface area contributed by atoms with Gasteiger partial charge in [-0.15, -0.1) is 0 Å². The van der Waals surface area contributed by atoms with Crippen molar-refractivity contribution in [2.45, 2.75) is 57.8 Å². The first-order valence-corrected chi connectivity index (χ1v) is 14.1. The van der Waals surface area contributed by atoms with Crippen LogP contribution in [0.25, 0.3) is 16.6 Å². The normalized spacial score (nSPS) is 14.3. The lowest BCUT2D eigenvalue weighted by atomic mass is 10.0. The predicted molar refractivity (Wildman–Crippen MR) is 163 cm³/mol. The fourth-order valence-corrected chi connectivity index (χ4v) is 4.83. The molecular weight excluding hydrogens is 528 g/mol. The summed E-state index contributed by atoms with van der Waals surface area (Å²) in [6.07, 6.45) is 7.04. The molecule has 42 heavy (non-hydrogen) atoms. The van der Waals surface area contributed by atoms with Crippen molar-refractivity contribution >= 4 is 17.0 Å². The van der Waals surface area contributed by atoms with E-state index in [1.165, 1.54) is 0 Å². The van der Waals surface area contributed by atoms with Gasteiger partial charge in [-0.25, -0.2) is 9.50 Å². The largest absolute Gasteiger partial charge is 0.489 e. The molecule has 0 atom stereocenters. The standard InChI is InChI=1S/C33H36N6O3/c1-32(2,40)14-11-23-5-8-26(9-6-23)37-27-12-15-38(16-13-27)30-10-7-24(19-35-30)29-17-28(42-22-33(3,4)41)21-39-31(29)25(18-34)20-36-39/h5-10,17,19-21,27,37,40-41H,12-13,15-16,22H2,1-4H3.